The van der Waals surface area contributed by atoms with Crippen LogP contribution in [0.5, 0.6) is 0 Å². The van der Waals surface area contributed by atoms with Crippen LogP contribution in [0.1, 0.15) is 13.8 Å². The van der Waals surface area contributed by atoms with Gasteiger partial charge in [0.2, 0.25) is 0 Å². The molecule has 2 heteroatoms. The van der Waals surface area contributed by atoms with Gasteiger partial charge in [0.25, 0.3) is 0 Å². The molecule has 2 aliphatic rings. The Morgan fingerprint density at radius 1 is 1.36 bits per heavy atom. The van der Waals surface area contributed by atoms with Crippen molar-refractivity contribution in [1.82, 2.24) is 0 Å². The van der Waals surface area contributed by atoms with Crippen LogP contribution < -0.4 is 4.90 Å². The first-order valence-electron chi connectivity index (χ1n) is 5.08. The monoisotopic (exact) mass is 186 g/mol. The topological polar surface area (TPSA) is 15.6 Å². The molecule has 0 aliphatic carbocycles. The van der Waals surface area contributed by atoms with E-state index in [9.17, 15) is 0 Å². The zero-order chi connectivity index (χ0) is 9.76. The minimum Gasteiger partial charge on any atom is -0.361 e. The van der Waals surface area contributed by atoms with Gasteiger partial charge in [-0.15, -0.1) is 0 Å². The molecule has 72 valence electrons. The minimum absolute atomic E-state index is 0.386. The first kappa shape index (κ1) is 8.04. The van der Waals surface area contributed by atoms with Gasteiger partial charge in [-0.1, -0.05) is 26.0 Å². The van der Waals surface area contributed by atoms with E-state index in [1.165, 1.54) is 5.69 Å². The van der Waals surface area contributed by atoms with Crippen molar-refractivity contribution in [1.29, 1.82) is 0 Å². The van der Waals surface area contributed by atoms with E-state index in [1.54, 1.807) is 0 Å². The Hall–Kier alpha value is -1.31. The number of anilines is 1. The van der Waals surface area contributed by atoms with Crippen LogP contribution in [0.25, 0.3) is 0 Å². The van der Waals surface area contributed by atoms with Crippen molar-refractivity contribution in [2.45, 2.75) is 19.9 Å². The smallest absolute Gasteiger partial charge is 0.0860 e. The summed E-state index contributed by atoms with van der Waals surface area (Å²) in [6, 6.07) is 8.86. The molecule has 1 saturated heterocycles. The Balaban J connectivity index is 2.06. The summed E-state index contributed by atoms with van der Waals surface area (Å²) in [5.41, 5.74) is 2.79. The van der Waals surface area contributed by atoms with E-state index in [0.29, 0.717) is 11.5 Å². The van der Waals surface area contributed by atoms with Gasteiger partial charge in [0.1, 0.15) is 0 Å². The highest BCUT2D eigenvalue weighted by Gasteiger charge is 2.46. The standard InChI is InChI=1S/C12H14N2/c1-12(2)8-14-10-6-4-3-5-9(10)13-7-11(12)14/h3-7,11H,8H2,1-2H3. The van der Waals surface area contributed by atoms with Gasteiger partial charge in [0, 0.05) is 18.2 Å². The van der Waals surface area contributed by atoms with Crippen LogP contribution in [0.3, 0.4) is 0 Å². The number of hydrogen-bond donors (Lipinski definition) is 0. The predicted molar refractivity (Wildman–Crippen MR) is 59.5 cm³/mol. The molecule has 14 heavy (non-hydrogen) atoms. The lowest BCUT2D eigenvalue weighted by Gasteiger charge is -2.55. The maximum atomic E-state index is 4.50. The van der Waals surface area contributed by atoms with E-state index in [0.717, 1.165) is 12.2 Å². The third-order valence-corrected chi connectivity index (χ3v) is 3.26. The Kier molecular flexibility index (Phi) is 1.37. The Labute approximate surface area is 84.3 Å². The van der Waals surface area contributed by atoms with E-state index >= 15 is 0 Å². The number of fused-ring (bicyclic) bond motifs is 3. The molecule has 2 heterocycles. The molecule has 1 aromatic carbocycles. The third kappa shape index (κ3) is 0.884. The number of rotatable bonds is 0. The number of nitrogens with zero attached hydrogens (tertiary/aromatic N) is 2. The van der Waals surface area contributed by atoms with E-state index in [2.05, 4.69) is 48.2 Å². The number of hydrogen-bond acceptors (Lipinski definition) is 2. The Morgan fingerprint density at radius 3 is 2.93 bits per heavy atom. The average molecular weight is 186 g/mol. The summed E-state index contributed by atoms with van der Waals surface area (Å²) in [5.74, 6) is 0. The molecule has 1 fully saturated rings. The van der Waals surface area contributed by atoms with Crippen molar-refractivity contribution in [2.24, 2.45) is 10.4 Å². The second kappa shape index (κ2) is 2.38. The fourth-order valence-corrected chi connectivity index (χ4v) is 2.42. The third-order valence-electron chi connectivity index (χ3n) is 3.26. The first-order chi connectivity index (χ1) is 6.68. The van der Waals surface area contributed by atoms with Gasteiger partial charge in [-0.25, -0.2) is 0 Å². The summed E-state index contributed by atoms with van der Waals surface area (Å²) in [7, 11) is 0. The Bertz CT molecular complexity index is 407. The summed E-state index contributed by atoms with van der Waals surface area (Å²) >= 11 is 0. The molecular weight excluding hydrogens is 172 g/mol. The van der Waals surface area contributed by atoms with Crippen molar-refractivity contribution >= 4 is 17.6 Å². The normalized spacial score (nSPS) is 26.4. The van der Waals surface area contributed by atoms with Gasteiger partial charge < -0.3 is 4.90 Å². The van der Waals surface area contributed by atoms with Crippen LogP contribution in [-0.2, 0) is 0 Å². The number of para-hydroxylation sites is 2. The highest BCUT2D eigenvalue weighted by molar-refractivity contribution is 5.87. The summed E-state index contributed by atoms with van der Waals surface area (Å²) in [6.45, 7) is 5.74. The molecule has 1 unspecified atom stereocenters. The van der Waals surface area contributed by atoms with Crippen molar-refractivity contribution in [2.75, 3.05) is 11.4 Å². The van der Waals surface area contributed by atoms with Crippen LogP contribution >= 0.6 is 0 Å². The van der Waals surface area contributed by atoms with Crippen molar-refractivity contribution in [3.63, 3.8) is 0 Å². The summed E-state index contributed by atoms with van der Waals surface area (Å²) in [4.78, 5) is 6.94. The molecule has 2 aliphatic heterocycles. The molecule has 2 nitrogen and oxygen atoms in total. The van der Waals surface area contributed by atoms with Gasteiger partial charge in [-0.2, -0.15) is 0 Å². The SMILES string of the molecule is CC1(C)CN2c3ccccc3N=CC21. The second-order valence-corrected chi connectivity index (χ2v) is 4.83. The molecule has 0 radical (unpaired) electrons. The van der Waals surface area contributed by atoms with Gasteiger partial charge in [0.15, 0.2) is 0 Å². The Morgan fingerprint density at radius 2 is 2.14 bits per heavy atom. The molecule has 0 saturated carbocycles. The second-order valence-electron chi connectivity index (χ2n) is 4.83. The largest absolute Gasteiger partial charge is 0.361 e. The molecule has 0 aromatic heterocycles. The lowest BCUT2D eigenvalue weighted by molar-refractivity contribution is 0.234. The lowest BCUT2D eigenvalue weighted by atomic mass is 9.74. The molecule has 0 amide bonds. The van der Waals surface area contributed by atoms with Gasteiger partial charge in [-0.3, -0.25) is 4.99 Å². The van der Waals surface area contributed by atoms with E-state index in [1.807, 2.05) is 6.07 Å². The number of benzene rings is 1. The predicted octanol–water partition coefficient (Wildman–Crippen LogP) is 2.62. The zero-order valence-corrected chi connectivity index (χ0v) is 8.57. The minimum atomic E-state index is 0.386. The molecule has 3 rings (SSSR count). The fourth-order valence-electron chi connectivity index (χ4n) is 2.42. The van der Waals surface area contributed by atoms with E-state index < -0.39 is 0 Å². The van der Waals surface area contributed by atoms with Gasteiger partial charge in [0.05, 0.1) is 17.4 Å². The van der Waals surface area contributed by atoms with Crippen molar-refractivity contribution in [3.05, 3.63) is 24.3 Å². The van der Waals surface area contributed by atoms with Gasteiger partial charge in [-0.05, 0) is 12.1 Å². The summed E-state index contributed by atoms with van der Waals surface area (Å²) < 4.78 is 0. The van der Waals surface area contributed by atoms with Crippen LogP contribution in [0, 0.1) is 5.41 Å². The van der Waals surface area contributed by atoms with Crippen molar-refractivity contribution < 1.29 is 0 Å². The quantitative estimate of drug-likeness (QED) is 0.608. The van der Waals surface area contributed by atoms with Crippen molar-refractivity contribution in [3.8, 4) is 0 Å². The maximum Gasteiger partial charge on any atom is 0.0860 e. The summed E-state index contributed by atoms with van der Waals surface area (Å²) in [5, 5.41) is 0. The van der Waals surface area contributed by atoms with E-state index in [4.69, 9.17) is 0 Å². The van der Waals surface area contributed by atoms with Crippen LogP contribution in [-0.4, -0.2) is 18.8 Å². The van der Waals surface area contributed by atoms with E-state index in [-0.39, 0.29) is 0 Å². The zero-order valence-electron chi connectivity index (χ0n) is 8.57. The van der Waals surface area contributed by atoms with Crippen LogP contribution in [0.4, 0.5) is 11.4 Å². The highest BCUT2D eigenvalue weighted by Crippen LogP contribution is 2.45. The molecule has 0 spiro atoms. The molecule has 1 aromatic rings. The highest BCUT2D eigenvalue weighted by atomic mass is 15.3. The van der Waals surface area contributed by atoms with Crippen LogP contribution in [0.15, 0.2) is 29.3 Å². The lowest BCUT2D eigenvalue weighted by Crippen LogP contribution is -2.63. The van der Waals surface area contributed by atoms with Crippen LogP contribution in [0.2, 0.25) is 0 Å². The maximum absolute atomic E-state index is 4.50. The molecule has 0 N–H and O–H groups in total. The van der Waals surface area contributed by atoms with Gasteiger partial charge >= 0.3 is 0 Å². The fraction of sp³-hybridized carbons (Fsp3) is 0.417. The average Bonchev–Trinajstić information content (AvgIpc) is 2.16. The number of aliphatic imine (C=N–C) groups is 1. The summed E-state index contributed by atoms with van der Waals surface area (Å²) in [6.07, 6.45) is 2.09. The molecule has 1 atom stereocenters. The molecule has 0 bridgehead atoms. The molecular formula is C12H14N2. The first-order valence-corrected chi connectivity index (χ1v) is 5.08.